The molecule has 0 aliphatic rings. The Morgan fingerprint density at radius 3 is 2.58 bits per heavy atom. The van der Waals surface area contributed by atoms with Crippen molar-refractivity contribution in [3.05, 3.63) is 0 Å². The average Bonchev–Trinajstić information content (AvgIpc) is 2.10. The molecule has 0 aromatic carbocycles. The second kappa shape index (κ2) is 7.53. The Hall–Kier alpha value is -0.120. The van der Waals surface area contributed by atoms with Gasteiger partial charge >= 0.3 is 0 Å². The first kappa shape index (κ1) is 11.9. The van der Waals surface area contributed by atoms with Crippen LogP contribution in [0.4, 0.5) is 0 Å². The van der Waals surface area contributed by atoms with Crippen molar-refractivity contribution in [1.29, 1.82) is 0 Å². The summed E-state index contributed by atoms with van der Waals surface area (Å²) in [6, 6.07) is 0.272. The number of hydrogen-bond acceptors (Lipinski definition) is 3. The summed E-state index contributed by atoms with van der Waals surface area (Å²) in [5.74, 6) is 0. The van der Waals surface area contributed by atoms with E-state index in [1.54, 1.807) is 0 Å². The molecular formula is C9H22N2O. The SMILES string of the molecule is CCCNCCN(C)C(C)CO. The maximum atomic E-state index is 8.85. The lowest BCUT2D eigenvalue weighted by Gasteiger charge is -2.22. The minimum Gasteiger partial charge on any atom is -0.395 e. The van der Waals surface area contributed by atoms with E-state index in [0.717, 1.165) is 19.6 Å². The minimum absolute atomic E-state index is 0.240. The van der Waals surface area contributed by atoms with Crippen LogP contribution in [-0.2, 0) is 0 Å². The topological polar surface area (TPSA) is 35.5 Å². The van der Waals surface area contributed by atoms with Gasteiger partial charge in [-0.15, -0.1) is 0 Å². The van der Waals surface area contributed by atoms with Crippen molar-refractivity contribution in [3.8, 4) is 0 Å². The van der Waals surface area contributed by atoms with E-state index in [4.69, 9.17) is 5.11 Å². The molecule has 0 saturated carbocycles. The van der Waals surface area contributed by atoms with Crippen LogP contribution in [0.2, 0.25) is 0 Å². The zero-order valence-electron chi connectivity index (χ0n) is 8.51. The maximum absolute atomic E-state index is 8.85. The molecule has 0 aromatic rings. The lowest BCUT2D eigenvalue weighted by Crippen LogP contribution is -2.37. The molecule has 0 spiro atoms. The van der Waals surface area contributed by atoms with Crippen molar-refractivity contribution in [3.63, 3.8) is 0 Å². The summed E-state index contributed by atoms with van der Waals surface area (Å²) in [6.07, 6.45) is 1.18. The first-order valence-electron chi connectivity index (χ1n) is 4.74. The third-order valence-electron chi connectivity index (χ3n) is 2.08. The first-order valence-corrected chi connectivity index (χ1v) is 4.74. The van der Waals surface area contributed by atoms with Gasteiger partial charge in [-0.3, -0.25) is 0 Å². The normalized spacial score (nSPS) is 13.8. The molecule has 3 nitrogen and oxygen atoms in total. The number of nitrogens with zero attached hydrogens (tertiary/aromatic N) is 1. The summed E-state index contributed by atoms with van der Waals surface area (Å²) >= 11 is 0. The van der Waals surface area contributed by atoms with Crippen LogP contribution < -0.4 is 5.32 Å². The van der Waals surface area contributed by atoms with Gasteiger partial charge in [0.15, 0.2) is 0 Å². The maximum Gasteiger partial charge on any atom is 0.0584 e. The lowest BCUT2D eigenvalue weighted by molar-refractivity contribution is 0.160. The van der Waals surface area contributed by atoms with Gasteiger partial charge in [0, 0.05) is 19.1 Å². The van der Waals surface area contributed by atoms with Gasteiger partial charge < -0.3 is 15.3 Å². The highest BCUT2D eigenvalue weighted by molar-refractivity contribution is 4.62. The van der Waals surface area contributed by atoms with Crippen LogP contribution >= 0.6 is 0 Å². The Bertz CT molecular complexity index is 98.5. The highest BCUT2D eigenvalue weighted by atomic mass is 16.3. The van der Waals surface area contributed by atoms with Crippen molar-refractivity contribution in [1.82, 2.24) is 10.2 Å². The van der Waals surface area contributed by atoms with Crippen molar-refractivity contribution < 1.29 is 5.11 Å². The average molecular weight is 174 g/mol. The molecule has 1 atom stereocenters. The zero-order chi connectivity index (χ0) is 9.40. The van der Waals surface area contributed by atoms with Gasteiger partial charge in [0.25, 0.3) is 0 Å². The molecular weight excluding hydrogens is 152 g/mol. The van der Waals surface area contributed by atoms with E-state index in [9.17, 15) is 0 Å². The second-order valence-corrected chi connectivity index (χ2v) is 3.26. The van der Waals surface area contributed by atoms with Crippen LogP contribution in [0.1, 0.15) is 20.3 Å². The Balaban J connectivity index is 3.24. The van der Waals surface area contributed by atoms with Crippen LogP contribution in [0, 0.1) is 0 Å². The summed E-state index contributed by atoms with van der Waals surface area (Å²) in [6.45, 7) is 7.52. The van der Waals surface area contributed by atoms with Gasteiger partial charge in [0.05, 0.1) is 6.61 Å². The fourth-order valence-electron chi connectivity index (χ4n) is 0.917. The van der Waals surface area contributed by atoms with Gasteiger partial charge in [-0.05, 0) is 26.9 Å². The van der Waals surface area contributed by atoms with E-state index in [0.29, 0.717) is 0 Å². The van der Waals surface area contributed by atoms with E-state index in [1.807, 2.05) is 14.0 Å². The summed E-state index contributed by atoms with van der Waals surface area (Å²) in [5.41, 5.74) is 0. The number of rotatable bonds is 7. The Morgan fingerprint density at radius 1 is 1.42 bits per heavy atom. The third-order valence-corrected chi connectivity index (χ3v) is 2.08. The molecule has 0 bridgehead atoms. The summed E-state index contributed by atoms with van der Waals surface area (Å²) in [5, 5.41) is 12.2. The molecule has 1 unspecified atom stereocenters. The molecule has 0 rings (SSSR count). The molecule has 0 aromatic heterocycles. The van der Waals surface area contributed by atoms with E-state index >= 15 is 0 Å². The summed E-state index contributed by atoms with van der Waals surface area (Å²) in [4.78, 5) is 2.16. The Labute approximate surface area is 75.8 Å². The van der Waals surface area contributed by atoms with Crippen LogP contribution in [0.15, 0.2) is 0 Å². The Kier molecular flexibility index (Phi) is 7.45. The van der Waals surface area contributed by atoms with Crippen LogP contribution in [-0.4, -0.2) is 49.3 Å². The van der Waals surface area contributed by atoms with Crippen LogP contribution in [0.5, 0.6) is 0 Å². The summed E-state index contributed by atoms with van der Waals surface area (Å²) in [7, 11) is 2.04. The molecule has 0 aliphatic heterocycles. The third kappa shape index (κ3) is 5.52. The van der Waals surface area contributed by atoms with E-state index < -0.39 is 0 Å². The number of aliphatic hydroxyl groups excluding tert-OH is 1. The van der Waals surface area contributed by atoms with E-state index in [1.165, 1.54) is 6.42 Å². The molecule has 0 fully saturated rings. The molecule has 12 heavy (non-hydrogen) atoms. The predicted octanol–water partition coefficient (Wildman–Crippen LogP) is 0.299. The molecule has 0 aliphatic carbocycles. The van der Waals surface area contributed by atoms with Gasteiger partial charge in [-0.25, -0.2) is 0 Å². The molecule has 0 saturated heterocycles. The molecule has 0 heterocycles. The fourth-order valence-corrected chi connectivity index (χ4v) is 0.917. The van der Waals surface area contributed by atoms with Gasteiger partial charge in [0.2, 0.25) is 0 Å². The molecule has 2 N–H and O–H groups in total. The largest absolute Gasteiger partial charge is 0.395 e. The van der Waals surface area contributed by atoms with Crippen molar-refractivity contribution >= 4 is 0 Å². The first-order chi connectivity index (χ1) is 5.72. The number of nitrogens with one attached hydrogen (secondary N) is 1. The van der Waals surface area contributed by atoms with Gasteiger partial charge in [-0.1, -0.05) is 6.92 Å². The zero-order valence-corrected chi connectivity index (χ0v) is 8.51. The second-order valence-electron chi connectivity index (χ2n) is 3.26. The number of aliphatic hydroxyl groups is 1. The summed E-state index contributed by atoms with van der Waals surface area (Å²) < 4.78 is 0. The highest BCUT2D eigenvalue weighted by Gasteiger charge is 2.05. The van der Waals surface area contributed by atoms with Crippen molar-refractivity contribution in [2.75, 3.05) is 33.3 Å². The predicted molar refractivity (Wildman–Crippen MR) is 52.3 cm³/mol. The minimum atomic E-state index is 0.240. The smallest absolute Gasteiger partial charge is 0.0584 e. The van der Waals surface area contributed by atoms with Crippen molar-refractivity contribution in [2.45, 2.75) is 26.3 Å². The molecule has 0 radical (unpaired) electrons. The quantitative estimate of drug-likeness (QED) is 0.545. The van der Waals surface area contributed by atoms with E-state index in [2.05, 4.69) is 17.1 Å². The number of likely N-dealkylation sites (N-methyl/N-ethyl adjacent to an activating group) is 1. The van der Waals surface area contributed by atoms with Crippen molar-refractivity contribution in [2.24, 2.45) is 0 Å². The van der Waals surface area contributed by atoms with Crippen LogP contribution in [0.25, 0.3) is 0 Å². The molecule has 74 valence electrons. The van der Waals surface area contributed by atoms with E-state index in [-0.39, 0.29) is 12.6 Å². The lowest BCUT2D eigenvalue weighted by atomic mass is 10.3. The Morgan fingerprint density at radius 2 is 2.08 bits per heavy atom. The highest BCUT2D eigenvalue weighted by Crippen LogP contribution is 1.91. The molecule has 3 heteroatoms. The molecule has 0 amide bonds. The standard InChI is InChI=1S/C9H22N2O/c1-4-5-10-6-7-11(3)9(2)8-12/h9-10,12H,4-8H2,1-3H3. The monoisotopic (exact) mass is 174 g/mol. The van der Waals surface area contributed by atoms with Gasteiger partial charge in [0.1, 0.15) is 0 Å². The van der Waals surface area contributed by atoms with Crippen LogP contribution in [0.3, 0.4) is 0 Å². The fraction of sp³-hybridized carbons (Fsp3) is 1.00. The number of hydrogen-bond donors (Lipinski definition) is 2. The van der Waals surface area contributed by atoms with Gasteiger partial charge in [-0.2, -0.15) is 0 Å².